The van der Waals surface area contributed by atoms with Crippen LogP contribution >= 0.6 is 15.9 Å². The van der Waals surface area contributed by atoms with Crippen molar-refractivity contribution < 1.29 is 14.0 Å². The first-order chi connectivity index (χ1) is 13.5. The fourth-order valence-corrected chi connectivity index (χ4v) is 3.49. The van der Waals surface area contributed by atoms with Gasteiger partial charge in [0, 0.05) is 35.7 Å². The van der Waals surface area contributed by atoms with Gasteiger partial charge in [-0.3, -0.25) is 14.6 Å². The van der Waals surface area contributed by atoms with Gasteiger partial charge in [0.15, 0.2) is 0 Å². The Morgan fingerprint density at radius 1 is 1.21 bits per heavy atom. The summed E-state index contributed by atoms with van der Waals surface area (Å²) < 4.78 is 13.8. The highest BCUT2D eigenvalue weighted by molar-refractivity contribution is 9.10. The van der Waals surface area contributed by atoms with Crippen LogP contribution in [0.25, 0.3) is 0 Å². The zero-order chi connectivity index (χ0) is 20.1. The summed E-state index contributed by atoms with van der Waals surface area (Å²) in [7, 11) is 0. The van der Waals surface area contributed by atoms with Gasteiger partial charge in [-0.05, 0) is 51.8 Å². The third kappa shape index (κ3) is 4.92. The minimum absolute atomic E-state index is 0.0540. The average Bonchev–Trinajstić information content (AvgIpc) is 3.04. The normalized spacial score (nSPS) is 21.3. The van der Waals surface area contributed by atoms with Crippen molar-refractivity contribution in [1.29, 1.82) is 0 Å². The number of amides is 2. The Morgan fingerprint density at radius 2 is 1.96 bits per heavy atom. The number of hydrazine groups is 1. The van der Waals surface area contributed by atoms with E-state index in [2.05, 4.69) is 42.4 Å². The van der Waals surface area contributed by atoms with Crippen molar-refractivity contribution >= 4 is 27.7 Å². The monoisotopic (exact) mass is 449 g/mol. The molecule has 1 aromatic carbocycles. The van der Waals surface area contributed by atoms with Crippen LogP contribution in [0.15, 0.2) is 47.2 Å². The highest BCUT2D eigenvalue weighted by Crippen LogP contribution is 2.26. The molecule has 0 bridgehead atoms. The van der Waals surface area contributed by atoms with Gasteiger partial charge in [0.1, 0.15) is 5.82 Å². The molecule has 3 atom stereocenters. The summed E-state index contributed by atoms with van der Waals surface area (Å²) in [6, 6.07) is 7.79. The molecule has 0 aliphatic carbocycles. The second kappa shape index (κ2) is 9.22. The minimum Gasteiger partial charge on any atom is -0.351 e. The number of nitrogens with one attached hydrogen (secondary N) is 4. The summed E-state index contributed by atoms with van der Waals surface area (Å²) in [6.07, 6.45) is 3.34. The number of rotatable bonds is 6. The number of halogens is 2. The highest BCUT2D eigenvalue weighted by Gasteiger charge is 2.34. The number of pyridine rings is 1. The summed E-state index contributed by atoms with van der Waals surface area (Å²) in [5.74, 6) is -1.01. The lowest BCUT2D eigenvalue weighted by Crippen LogP contribution is -2.47. The average molecular weight is 450 g/mol. The van der Waals surface area contributed by atoms with Crippen LogP contribution in [0.4, 0.5) is 4.39 Å². The Morgan fingerprint density at radius 3 is 2.71 bits per heavy atom. The molecule has 3 rings (SSSR count). The maximum absolute atomic E-state index is 13.3. The number of hydrogen-bond acceptors (Lipinski definition) is 5. The third-order valence-electron chi connectivity index (χ3n) is 4.64. The molecule has 0 spiro atoms. The van der Waals surface area contributed by atoms with E-state index in [4.69, 9.17) is 0 Å². The minimum atomic E-state index is -0.497. The Balaban J connectivity index is 1.46. The molecule has 4 N–H and O–H groups in total. The molecule has 1 aliphatic heterocycles. The van der Waals surface area contributed by atoms with E-state index in [-0.39, 0.29) is 42.6 Å². The van der Waals surface area contributed by atoms with Crippen molar-refractivity contribution in [1.82, 2.24) is 26.5 Å². The maximum Gasteiger partial charge on any atom is 0.252 e. The Labute approximate surface area is 170 Å². The first-order valence-corrected chi connectivity index (χ1v) is 9.68. The van der Waals surface area contributed by atoms with E-state index in [0.29, 0.717) is 4.47 Å². The number of benzene rings is 1. The number of hydrogen-bond donors (Lipinski definition) is 4. The molecule has 2 heterocycles. The van der Waals surface area contributed by atoms with Gasteiger partial charge in [-0.2, -0.15) is 0 Å². The van der Waals surface area contributed by atoms with Crippen LogP contribution in [0, 0.1) is 11.7 Å². The van der Waals surface area contributed by atoms with E-state index in [1.54, 1.807) is 12.4 Å². The molecule has 0 radical (unpaired) electrons. The number of carbonyl (C=O) groups excluding carboxylic acids is 2. The van der Waals surface area contributed by atoms with Crippen molar-refractivity contribution in [2.45, 2.75) is 25.6 Å². The van der Waals surface area contributed by atoms with Crippen LogP contribution < -0.4 is 21.5 Å². The lowest BCUT2D eigenvalue weighted by Gasteiger charge is -2.19. The van der Waals surface area contributed by atoms with Crippen molar-refractivity contribution in [2.24, 2.45) is 5.92 Å². The van der Waals surface area contributed by atoms with Gasteiger partial charge in [-0.1, -0.05) is 6.92 Å². The molecule has 148 valence electrons. The molecule has 28 heavy (non-hydrogen) atoms. The number of nitrogens with zero attached hydrogens (tertiary/aromatic N) is 1. The molecular weight excluding hydrogens is 429 g/mol. The summed E-state index contributed by atoms with van der Waals surface area (Å²) in [5.41, 5.74) is 7.54. The lowest BCUT2D eigenvalue weighted by atomic mass is 9.95. The van der Waals surface area contributed by atoms with Crippen LogP contribution in [0.3, 0.4) is 0 Å². The molecule has 1 aliphatic rings. The Kier molecular flexibility index (Phi) is 6.71. The first-order valence-electron chi connectivity index (χ1n) is 8.89. The number of carbonyl (C=O) groups is 2. The van der Waals surface area contributed by atoms with Crippen molar-refractivity contribution in [2.75, 3.05) is 6.54 Å². The van der Waals surface area contributed by atoms with Gasteiger partial charge in [-0.15, -0.1) is 0 Å². The van der Waals surface area contributed by atoms with Gasteiger partial charge in [-0.25, -0.2) is 15.2 Å². The molecule has 3 unspecified atom stereocenters. The predicted molar refractivity (Wildman–Crippen MR) is 105 cm³/mol. The Hall–Kier alpha value is -2.36. The fraction of sp³-hybridized carbons (Fsp3) is 0.316. The molecule has 0 saturated carbocycles. The first kappa shape index (κ1) is 20.4. The largest absolute Gasteiger partial charge is 0.351 e. The maximum atomic E-state index is 13.3. The van der Waals surface area contributed by atoms with Crippen LogP contribution in [0.5, 0.6) is 0 Å². The zero-order valence-electron chi connectivity index (χ0n) is 15.2. The molecule has 1 aromatic heterocycles. The van der Waals surface area contributed by atoms with Gasteiger partial charge in [0.05, 0.1) is 17.8 Å². The topological polar surface area (TPSA) is 95.2 Å². The van der Waals surface area contributed by atoms with E-state index in [9.17, 15) is 14.0 Å². The lowest BCUT2D eigenvalue weighted by molar-refractivity contribution is -0.122. The number of aromatic nitrogens is 1. The Bertz CT molecular complexity index is 851. The van der Waals surface area contributed by atoms with E-state index < -0.39 is 11.7 Å². The van der Waals surface area contributed by atoms with E-state index in [0.717, 1.165) is 11.6 Å². The SMILES string of the molecule is CC1C(NC(=O)CCNC(=O)c2cc(F)ccc2Br)NNC1c1ccncc1. The smallest absolute Gasteiger partial charge is 0.252 e. The standard InChI is InChI=1S/C19H21BrFN5O2/c1-11-17(12-4-7-22-8-5-12)25-26-18(11)24-16(27)6-9-23-19(28)14-10-13(21)2-3-15(14)20/h2-5,7-8,10-11,17-18,25-26H,6,9H2,1H3,(H,23,28)(H,24,27). The molecule has 1 saturated heterocycles. The fourth-order valence-electron chi connectivity index (χ4n) is 3.06. The molecule has 1 fully saturated rings. The van der Waals surface area contributed by atoms with E-state index in [1.165, 1.54) is 12.1 Å². The van der Waals surface area contributed by atoms with Crippen molar-refractivity contribution in [3.8, 4) is 0 Å². The molecule has 2 amide bonds. The summed E-state index contributed by atoms with van der Waals surface area (Å²) in [6.45, 7) is 2.18. The van der Waals surface area contributed by atoms with Gasteiger partial charge < -0.3 is 10.6 Å². The second-order valence-corrected chi connectivity index (χ2v) is 7.44. The van der Waals surface area contributed by atoms with E-state index >= 15 is 0 Å². The zero-order valence-corrected chi connectivity index (χ0v) is 16.8. The summed E-state index contributed by atoms with van der Waals surface area (Å²) in [5, 5.41) is 5.54. The van der Waals surface area contributed by atoms with Gasteiger partial charge >= 0.3 is 0 Å². The summed E-state index contributed by atoms with van der Waals surface area (Å²) in [4.78, 5) is 28.4. The van der Waals surface area contributed by atoms with Crippen LogP contribution in [0.1, 0.15) is 35.3 Å². The van der Waals surface area contributed by atoms with Crippen molar-refractivity contribution in [3.63, 3.8) is 0 Å². The highest BCUT2D eigenvalue weighted by atomic mass is 79.9. The van der Waals surface area contributed by atoms with Gasteiger partial charge in [0.2, 0.25) is 5.91 Å². The van der Waals surface area contributed by atoms with Crippen LogP contribution in [-0.2, 0) is 4.79 Å². The molecular formula is C19H21BrFN5O2. The van der Waals surface area contributed by atoms with Crippen LogP contribution in [0.2, 0.25) is 0 Å². The van der Waals surface area contributed by atoms with Crippen molar-refractivity contribution in [3.05, 3.63) is 64.1 Å². The van der Waals surface area contributed by atoms with E-state index in [1.807, 2.05) is 19.1 Å². The third-order valence-corrected chi connectivity index (χ3v) is 5.33. The quantitative estimate of drug-likeness (QED) is 0.541. The molecule has 7 nitrogen and oxygen atoms in total. The predicted octanol–water partition coefficient (Wildman–Crippen LogP) is 2.03. The van der Waals surface area contributed by atoms with Crippen LogP contribution in [-0.4, -0.2) is 29.5 Å². The molecule has 9 heteroatoms. The summed E-state index contributed by atoms with van der Waals surface area (Å²) >= 11 is 3.22. The van der Waals surface area contributed by atoms with Gasteiger partial charge in [0.25, 0.3) is 5.91 Å². The molecule has 2 aromatic rings. The second-order valence-electron chi connectivity index (χ2n) is 6.58.